The minimum Gasteiger partial charge on any atom is -0.380 e. The van der Waals surface area contributed by atoms with Gasteiger partial charge in [-0.25, -0.2) is 0 Å². The molecule has 0 heterocycles. The van der Waals surface area contributed by atoms with Gasteiger partial charge >= 0.3 is 0 Å². The van der Waals surface area contributed by atoms with Gasteiger partial charge in [0.1, 0.15) is 0 Å². The second-order valence-electron chi connectivity index (χ2n) is 3.80. The second-order valence-corrected chi connectivity index (χ2v) is 3.80. The Morgan fingerprint density at radius 2 is 2.20 bits per heavy atom. The third-order valence-corrected chi connectivity index (χ3v) is 2.52. The minimum atomic E-state index is 0.233. The van der Waals surface area contributed by atoms with E-state index in [1.807, 2.05) is 12.1 Å². The molecule has 0 aliphatic rings. The molecule has 1 aromatic rings. The molecule has 0 spiro atoms. The monoisotopic (exact) mass is 208 g/mol. The smallest absolute Gasteiger partial charge is 0.0717 e. The van der Waals surface area contributed by atoms with Crippen molar-refractivity contribution in [2.24, 2.45) is 5.73 Å². The van der Waals surface area contributed by atoms with Gasteiger partial charge in [-0.3, -0.25) is 0 Å². The van der Waals surface area contributed by atoms with Crippen molar-refractivity contribution in [2.75, 3.05) is 25.6 Å². The Labute approximate surface area is 91.8 Å². The van der Waals surface area contributed by atoms with Crippen LogP contribution in [0, 0.1) is 0 Å². The number of nitrogens with two attached hydrogens (primary N) is 1. The van der Waals surface area contributed by atoms with E-state index in [2.05, 4.69) is 31.0 Å². The van der Waals surface area contributed by atoms with Crippen LogP contribution >= 0.6 is 0 Å². The molecule has 1 unspecified atom stereocenters. The summed E-state index contributed by atoms with van der Waals surface area (Å²) in [5.41, 5.74) is 7.94. The van der Waals surface area contributed by atoms with E-state index in [-0.39, 0.29) is 6.10 Å². The molecule has 3 heteroatoms. The number of ether oxygens (including phenoxy) is 1. The summed E-state index contributed by atoms with van der Waals surface area (Å²) in [5, 5.41) is 0. The van der Waals surface area contributed by atoms with Crippen LogP contribution in [0.15, 0.2) is 24.3 Å². The van der Waals surface area contributed by atoms with Crippen LogP contribution in [0.5, 0.6) is 0 Å². The highest BCUT2D eigenvalue weighted by Gasteiger charge is 2.06. The highest BCUT2D eigenvalue weighted by Crippen LogP contribution is 2.15. The molecular formula is C12H20N2O. The summed E-state index contributed by atoms with van der Waals surface area (Å²) < 4.78 is 5.23. The van der Waals surface area contributed by atoms with Crippen LogP contribution in [-0.2, 0) is 11.3 Å². The lowest BCUT2D eigenvalue weighted by Gasteiger charge is -2.23. The first-order valence-electron chi connectivity index (χ1n) is 5.20. The van der Waals surface area contributed by atoms with Gasteiger partial charge in [0, 0.05) is 32.9 Å². The number of hydrogen-bond donors (Lipinski definition) is 1. The molecule has 0 aliphatic carbocycles. The van der Waals surface area contributed by atoms with Crippen molar-refractivity contribution in [2.45, 2.75) is 19.6 Å². The van der Waals surface area contributed by atoms with E-state index in [1.54, 1.807) is 7.11 Å². The van der Waals surface area contributed by atoms with E-state index in [0.717, 1.165) is 12.1 Å². The van der Waals surface area contributed by atoms with Crippen molar-refractivity contribution in [1.29, 1.82) is 0 Å². The van der Waals surface area contributed by atoms with Crippen molar-refractivity contribution < 1.29 is 4.74 Å². The summed E-state index contributed by atoms with van der Waals surface area (Å²) in [4.78, 5) is 2.17. The lowest BCUT2D eigenvalue weighted by Crippen LogP contribution is -2.28. The molecule has 3 nitrogen and oxygen atoms in total. The Morgan fingerprint density at radius 3 is 2.80 bits per heavy atom. The fraction of sp³-hybridized carbons (Fsp3) is 0.500. The normalized spacial score (nSPS) is 12.5. The maximum absolute atomic E-state index is 5.60. The number of hydrogen-bond acceptors (Lipinski definition) is 3. The largest absolute Gasteiger partial charge is 0.380 e. The van der Waals surface area contributed by atoms with Gasteiger partial charge in [0.05, 0.1) is 6.10 Å². The van der Waals surface area contributed by atoms with Gasteiger partial charge in [0.2, 0.25) is 0 Å². The van der Waals surface area contributed by atoms with Crippen LogP contribution in [0.4, 0.5) is 5.69 Å². The van der Waals surface area contributed by atoms with Crippen LogP contribution in [0.25, 0.3) is 0 Å². The van der Waals surface area contributed by atoms with Crippen molar-refractivity contribution in [3.63, 3.8) is 0 Å². The molecule has 15 heavy (non-hydrogen) atoms. The Bertz CT molecular complexity index is 301. The average molecular weight is 208 g/mol. The van der Waals surface area contributed by atoms with Crippen LogP contribution in [0.2, 0.25) is 0 Å². The molecule has 2 N–H and O–H groups in total. The van der Waals surface area contributed by atoms with Crippen LogP contribution < -0.4 is 10.6 Å². The van der Waals surface area contributed by atoms with Crippen LogP contribution in [-0.4, -0.2) is 26.8 Å². The summed E-state index contributed by atoms with van der Waals surface area (Å²) in [6.07, 6.45) is 0.233. The van der Waals surface area contributed by atoms with E-state index in [0.29, 0.717) is 6.54 Å². The maximum atomic E-state index is 5.60. The first kappa shape index (κ1) is 12.0. The van der Waals surface area contributed by atoms with Gasteiger partial charge in [-0.2, -0.15) is 0 Å². The van der Waals surface area contributed by atoms with Gasteiger partial charge in [-0.05, 0) is 24.6 Å². The van der Waals surface area contributed by atoms with E-state index in [4.69, 9.17) is 10.5 Å². The zero-order valence-corrected chi connectivity index (χ0v) is 9.73. The second kappa shape index (κ2) is 5.73. The van der Waals surface area contributed by atoms with Gasteiger partial charge in [0.25, 0.3) is 0 Å². The van der Waals surface area contributed by atoms with Gasteiger partial charge in [0.15, 0.2) is 0 Å². The standard InChI is InChI=1S/C12H20N2O/c1-10(15-3)9-14(2)12-6-4-5-11(7-12)8-13/h4-7,10H,8-9,13H2,1-3H3. The number of likely N-dealkylation sites (N-methyl/N-ethyl adjacent to an activating group) is 1. The summed E-state index contributed by atoms with van der Waals surface area (Å²) in [7, 11) is 3.79. The first-order valence-corrected chi connectivity index (χ1v) is 5.20. The molecule has 0 saturated carbocycles. The Kier molecular flexibility index (Phi) is 4.59. The Morgan fingerprint density at radius 1 is 1.47 bits per heavy atom. The summed E-state index contributed by atoms with van der Waals surface area (Å²) in [5.74, 6) is 0. The number of methoxy groups -OCH3 is 1. The summed E-state index contributed by atoms with van der Waals surface area (Å²) >= 11 is 0. The third-order valence-electron chi connectivity index (χ3n) is 2.52. The molecule has 0 aliphatic heterocycles. The average Bonchev–Trinajstić information content (AvgIpc) is 2.28. The lowest BCUT2D eigenvalue weighted by atomic mass is 10.2. The van der Waals surface area contributed by atoms with Crippen molar-refractivity contribution >= 4 is 5.69 Å². The number of benzene rings is 1. The summed E-state index contributed by atoms with van der Waals surface area (Å²) in [6.45, 7) is 3.52. The number of anilines is 1. The van der Waals surface area contributed by atoms with Crippen LogP contribution in [0.1, 0.15) is 12.5 Å². The molecule has 84 valence electrons. The van der Waals surface area contributed by atoms with Gasteiger partial charge < -0.3 is 15.4 Å². The molecule has 1 atom stereocenters. The molecule has 0 fully saturated rings. The molecular weight excluding hydrogens is 188 g/mol. The topological polar surface area (TPSA) is 38.5 Å². The van der Waals surface area contributed by atoms with Crippen molar-refractivity contribution in [1.82, 2.24) is 0 Å². The zero-order valence-electron chi connectivity index (χ0n) is 9.73. The molecule has 0 saturated heterocycles. The van der Waals surface area contributed by atoms with Crippen LogP contribution in [0.3, 0.4) is 0 Å². The molecule has 0 radical (unpaired) electrons. The zero-order chi connectivity index (χ0) is 11.3. The SMILES string of the molecule is COC(C)CN(C)c1cccc(CN)c1. The fourth-order valence-electron chi connectivity index (χ4n) is 1.49. The Hall–Kier alpha value is -1.06. The highest BCUT2D eigenvalue weighted by atomic mass is 16.5. The van der Waals surface area contributed by atoms with E-state index < -0.39 is 0 Å². The molecule has 0 amide bonds. The third kappa shape index (κ3) is 3.53. The molecule has 0 bridgehead atoms. The van der Waals surface area contributed by atoms with Crippen molar-refractivity contribution in [3.05, 3.63) is 29.8 Å². The lowest BCUT2D eigenvalue weighted by molar-refractivity contribution is 0.124. The summed E-state index contributed by atoms with van der Waals surface area (Å²) in [6, 6.07) is 8.27. The van der Waals surface area contributed by atoms with E-state index in [9.17, 15) is 0 Å². The number of nitrogens with zero attached hydrogens (tertiary/aromatic N) is 1. The van der Waals surface area contributed by atoms with Crippen molar-refractivity contribution in [3.8, 4) is 0 Å². The first-order chi connectivity index (χ1) is 7.17. The maximum Gasteiger partial charge on any atom is 0.0717 e. The van der Waals surface area contributed by atoms with E-state index in [1.165, 1.54) is 5.69 Å². The quantitative estimate of drug-likeness (QED) is 0.799. The Balaban J connectivity index is 2.68. The highest BCUT2D eigenvalue weighted by molar-refractivity contribution is 5.47. The molecule has 1 aromatic carbocycles. The van der Waals surface area contributed by atoms with E-state index >= 15 is 0 Å². The predicted molar refractivity (Wildman–Crippen MR) is 64.1 cm³/mol. The number of rotatable bonds is 5. The predicted octanol–water partition coefficient (Wildman–Crippen LogP) is 1.62. The van der Waals surface area contributed by atoms with Gasteiger partial charge in [-0.1, -0.05) is 12.1 Å². The fourth-order valence-corrected chi connectivity index (χ4v) is 1.49. The molecule has 1 rings (SSSR count). The minimum absolute atomic E-state index is 0.233. The molecule has 0 aromatic heterocycles. The van der Waals surface area contributed by atoms with Gasteiger partial charge in [-0.15, -0.1) is 0 Å².